The van der Waals surface area contributed by atoms with E-state index in [1.807, 2.05) is 39.9 Å². The van der Waals surface area contributed by atoms with Crippen LogP contribution in [0.4, 0.5) is 17.8 Å². The Hall–Kier alpha value is -3.27. The minimum atomic E-state index is -0.0213. The van der Waals surface area contributed by atoms with Gasteiger partial charge in [0.1, 0.15) is 5.69 Å². The van der Waals surface area contributed by atoms with Crippen molar-refractivity contribution < 1.29 is 4.74 Å². The molecule has 5 rings (SSSR count). The lowest BCUT2D eigenvalue weighted by atomic mass is 10.1. The van der Waals surface area contributed by atoms with Gasteiger partial charge in [-0.2, -0.15) is 15.0 Å². The van der Waals surface area contributed by atoms with Crippen molar-refractivity contribution in [2.45, 2.75) is 18.8 Å². The first-order valence-corrected chi connectivity index (χ1v) is 8.32. The maximum absolute atomic E-state index is 6.08. The molecule has 26 heavy (non-hydrogen) atoms. The van der Waals surface area contributed by atoms with Crippen LogP contribution in [-0.4, -0.2) is 49.1 Å². The third-order valence-corrected chi connectivity index (χ3v) is 4.76. The molecule has 0 aliphatic carbocycles. The molecule has 4 heterocycles. The van der Waals surface area contributed by atoms with Crippen LogP contribution in [-0.2, 0) is 11.3 Å². The van der Waals surface area contributed by atoms with Crippen molar-refractivity contribution in [1.82, 2.24) is 29.9 Å². The highest BCUT2D eigenvalue weighted by molar-refractivity contribution is 5.61. The molecule has 10 heteroatoms. The van der Waals surface area contributed by atoms with E-state index >= 15 is 0 Å². The third kappa shape index (κ3) is 2.34. The second-order valence-electron chi connectivity index (χ2n) is 6.37. The van der Waals surface area contributed by atoms with Crippen LogP contribution in [0.25, 0.3) is 11.3 Å². The molecular formula is C16H17N9O. The van der Waals surface area contributed by atoms with Gasteiger partial charge in [0.25, 0.3) is 0 Å². The predicted molar refractivity (Wildman–Crippen MR) is 93.9 cm³/mol. The summed E-state index contributed by atoms with van der Waals surface area (Å²) in [7, 11) is 0. The van der Waals surface area contributed by atoms with Crippen LogP contribution in [0.5, 0.6) is 0 Å². The predicted octanol–water partition coefficient (Wildman–Crippen LogP) is 0.255. The van der Waals surface area contributed by atoms with Crippen LogP contribution < -0.4 is 16.4 Å². The highest BCUT2D eigenvalue weighted by atomic mass is 16.5. The zero-order valence-corrected chi connectivity index (χ0v) is 13.9. The number of anilines is 3. The van der Waals surface area contributed by atoms with Gasteiger partial charge in [0.2, 0.25) is 17.8 Å². The molecule has 132 valence electrons. The van der Waals surface area contributed by atoms with Crippen molar-refractivity contribution in [1.29, 1.82) is 0 Å². The van der Waals surface area contributed by atoms with Crippen molar-refractivity contribution in [3.8, 4) is 11.3 Å². The number of fused-ring (bicyclic) bond motifs is 3. The number of benzene rings is 1. The maximum Gasteiger partial charge on any atom is 0.232 e. The van der Waals surface area contributed by atoms with Gasteiger partial charge in [0.05, 0.1) is 24.4 Å². The second kappa shape index (κ2) is 5.63. The van der Waals surface area contributed by atoms with Gasteiger partial charge in [-0.1, -0.05) is 35.5 Å². The van der Waals surface area contributed by atoms with E-state index in [4.69, 9.17) is 16.2 Å². The van der Waals surface area contributed by atoms with Gasteiger partial charge in [-0.25, -0.2) is 4.68 Å². The summed E-state index contributed by atoms with van der Waals surface area (Å²) in [6.07, 6.45) is -0.0213. The first kappa shape index (κ1) is 15.0. The summed E-state index contributed by atoms with van der Waals surface area (Å²) in [5.41, 5.74) is 14.2. The van der Waals surface area contributed by atoms with Crippen molar-refractivity contribution in [3.63, 3.8) is 0 Å². The van der Waals surface area contributed by atoms with Gasteiger partial charge in [0, 0.05) is 18.7 Å². The molecule has 4 N–H and O–H groups in total. The highest BCUT2D eigenvalue weighted by Gasteiger charge is 2.41. The molecule has 0 unspecified atom stereocenters. The summed E-state index contributed by atoms with van der Waals surface area (Å²) in [6.45, 7) is 1.74. The molecule has 10 nitrogen and oxygen atoms in total. The van der Waals surface area contributed by atoms with Gasteiger partial charge in [-0.3, -0.25) is 0 Å². The number of nitrogens with zero attached hydrogens (tertiary/aromatic N) is 7. The first-order valence-electron chi connectivity index (χ1n) is 8.32. The molecule has 2 atom stereocenters. The molecule has 1 saturated heterocycles. The Labute approximate surface area is 148 Å². The average molecular weight is 351 g/mol. The molecule has 2 aliphatic rings. The number of nitrogen functional groups attached to an aromatic ring is 2. The van der Waals surface area contributed by atoms with E-state index in [2.05, 4.69) is 25.3 Å². The van der Waals surface area contributed by atoms with E-state index in [-0.39, 0.29) is 24.0 Å². The fourth-order valence-electron chi connectivity index (χ4n) is 3.58. The largest absolute Gasteiger partial charge is 0.368 e. The molecule has 1 aromatic carbocycles. The molecule has 0 amide bonds. The fourth-order valence-corrected chi connectivity index (χ4v) is 3.58. The van der Waals surface area contributed by atoms with E-state index in [1.165, 1.54) is 0 Å². The van der Waals surface area contributed by atoms with E-state index < -0.39 is 0 Å². The monoisotopic (exact) mass is 351 g/mol. The van der Waals surface area contributed by atoms with E-state index in [0.717, 1.165) is 17.0 Å². The Kier molecular flexibility index (Phi) is 3.25. The average Bonchev–Trinajstić information content (AvgIpc) is 3.25. The lowest BCUT2D eigenvalue weighted by Crippen LogP contribution is -2.32. The molecule has 2 aromatic heterocycles. The Morgan fingerprint density at radius 1 is 1.00 bits per heavy atom. The van der Waals surface area contributed by atoms with Gasteiger partial charge in [0.15, 0.2) is 0 Å². The quantitative estimate of drug-likeness (QED) is 0.666. The smallest absolute Gasteiger partial charge is 0.232 e. The second-order valence-corrected chi connectivity index (χ2v) is 6.37. The summed E-state index contributed by atoms with van der Waals surface area (Å²) in [5.74, 6) is 0.671. The minimum Gasteiger partial charge on any atom is -0.368 e. The number of hydrogen-bond donors (Lipinski definition) is 2. The van der Waals surface area contributed by atoms with Gasteiger partial charge >= 0.3 is 0 Å². The van der Waals surface area contributed by atoms with Crippen molar-refractivity contribution in [2.75, 3.05) is 29.5 Å². The summed E-state index contributed by atoms with van der Waals surface area (Å²) in [5, 5.41) is 8.78. The molecule has 1 fully saturated rings. The van der Waals surface area contributed by atoms with Crippen LogP contribution in [0, 0.1) is 0 Å². The number of rotatable bonds is 2. The Bertz CT molecular complexity index is 937. The van der Waals surface area contributed by atoms with Gasteiger partial charge in [-0.05, 0) is 0 Å². The molecule has 0 saturated carbocycles. The molecule has 0 radical (unpaired) electrons. The minimum absolute atomic E-state index is 0.0213. The summed E-state index contributed by atoms with van der Waals surface area (Å²) in [6, 6.07) is 10.0. The zero-order valence-electron chi connectivity index (χ0n) is 13.9. The first-order chi connectivity index (χ1) is 12.7. The maximum atomic E-state index is 6.08. The lowest BCUT2D eigenvalue weighted by Gasteiger charge is -2.26. The summed E-state index contributed by atoms with van der Waals surface area (Å²) >= 11 is 0. The normalized spacial score (nSPS) is 21.5. The van der Waals surface area contributed by atoms with Crippen LogP contribution in [0.1, 0.15) is 11.7 Å². The van der Waals surface area contributed by atoms with Crippen molar-refractivity contribution >= 4 is 17.8 Å². The standard InChI is InChI=1S/C16H17N9O/c17-14-19-15(18)21-16(20-14)24-6-10-12(7-24)26-8-11-13(22-23-25(10)11)9-4-2-1-3-5-9/h1-5,10,12H,6-8H2,(H4,17,18,19,20,21)/t10-,12-/m1/s1. The Morgan fingerprint density at radius 2 is 1.77 bits per heavy atom. The number of nitrogens with two attached hydrogens (primary N) is 2. The topological polar surface area (TPSA) is 134 Å². The molecule has 0 bridgehead atoms. The zero-order chi connectivity index (χ0) is 17.7. The van der Waals surface area contributed by atoms with Crippen LogP contribution >= 0.6 is 0 Å². The van der Waals surface area contributed by atoms with Crippen LogP contribution in [0.3, 0.4) is 0 Å². The van der Waals surface area contributed by atoms with Gasteiger partial charge < -0.3 is 21.1 Å². The molecule has 2 aliphatic heterocycles. The van der Waals surface area contributed by atoms with Crippen molar-refractivity contribution in [2.24, 2.45) is 0 Å². The summed E-state index contributed by atoms with van der Waals surface area (Å²) < 4.78 is 8.05. The summed E-state index contributed by atoms with van der Waals surface area (Å²) in [4.78, 5) is 14.2. The van der Waals surface area contributed by atoms with Crippen molar-refractivity contribution in [3.05, 3.63) is 36.0 Å². The SMILES string of the molecule is Nc1nc(N)nc(N2C[C@@H]3[C@@H](C2)OCc2c(-c4ccccc4)nnn23)n1. The number of aromatic nitrogens is 6. The van der Waals surface area contributed by atoms with E-state index in [0.29, 0.717) is 25.6 Å². The van der Waals surface area contributed by atoms with Crippen LogP contribution in [0.2, 0.25) is 0 Å². The fraction of sp³-hybridized carbons (Fsp3) is 0.312. The lowest BCUT2D eigenvalue weighted by molar-refractivity contribution is -0.00227. The number of ether oxygens (including phenoxy) is 1. The highest BCUT2D eigenvalue weighted by Crippen LogP contribution is 2.35. The molecule has 3 aromatic rings. The number of hydrogen-bond acceptors (Lipinski definition) is 9. The van der Waals surface area contributed by atoms with Gasteiger partial charge in [-0.15, -0.1) is 5.10 Å². The molecular weight excluding hydrogens is 334 g/mol. The van der Waals surface area contributed by atoms with Crippen LogP contribution in [0.15, 0.2) is 30.3 Å². The Balaban J connectivity index is 1.47. The van der Waals surface area contributed by atoms with E-state index in [9.17, 15) is 0 Å². The Morgan fingerprint density at radius 3 is 2.54 bits per heavy atom. The molecule has 0 spiro atoms. The third-order valence-electron chi connectivity index (χ3n) is 4.76. The van der Waals surface area contributed by atoms with E-state index in [1.54, 1.807) is 0 Å².